The van der Waals surface area contributed by atoms with E-state index in [9.17, 15) is 9.59 Å². The number of aliphatic carboxylic acids is 1. The molecule has 2 aromatic carbocycles. The second-order valence-corrected chi connectivity index (χ2v) is 9.04. The Labute approximate surface area is 188 Å². The topological polar surface area (TPSA) is 84.9 Å². The van der Waals surface area contributed by atoms with Gasteiger partial charge in [-0.15, -0.1) is 0 Å². The highest BCUT2D eigenvalue weighted by atomic mass is 79.9. The van der Waals surface area contributed by atoms with Crippen LogP contribution in [0.15, 0.2) is 46.9 Å². The van der Waals surface area contributed by atoms with E-state index < -0.39 is 24.2 Å². The number of carbonyl (C=O) groups is 2. The number of halogens is 2. The molecule has 0 spiro atoms. The number of carboxylic acid groups (broad SMARTS) is 1. The van der Waals surface area contributed by atoms with E-state index in [1.54, 1.807) is 18.2 Å². The fourth-order valence-electron chi connectivity index (χ4n) is 3.85. The van der Waals surface area contributed by atoms with Crippen molar-refractivity contribution in [1.82, 2.24) is 5.32 Å². The summed E-state index contributed by atoms with van der Waals surface area (Å²) in [7, 11) is 0. The van der Waals surface area contributed by atoms with Crippen LogP contribution in [0.1, 0.15) is 50.0 Å². The SMILES string of the molecule is CC(=O)N[C@@]1(C)C[C@@H](c2cccc(Cl)c2)O[C@@H](c2cc(Br)ccc2OCC(=O)O)C1. The molecule has 30 heavy (non-hydrogen) atoms. The minimum atomic E-state index is -1.06. The third-order valence-electron chi connectivity index (χ3n) is 4.97. The summed E-state index contributed by atoms with van der Waals surface area (Å²) in [6.45, 7) is 3.02. The molecule has 0 unspecified atom stereocenters. The number of ether oxygens (including phenoxy) is 2. The predicted octanol–water partition coefficient (Wildman–Crippen LogP) is 5.05. The van der Waals surface area contributed by atoms with Gasteiger partial charge in [0.15, 0.2) is 6.61 Å². The number of carboxylic acids is 1. The van der Waals surface area contributed by atoms with Gasteiger partial charge in [0.05, 0.1) is 12.2 Å². The molecule has 160 valence electrons. The molecular weight excluding hydrogens is 474 g/mol. The Morgan fingerprint density at radius 1 is 1.27 bits per heavy atom. The first-order valence-corrected chi connectivity index (χ1v) is 10.7. The largest absolute Gasteiger partial charge is 0.482 e. The zero-order valence-corrected chi connectivity index (χ0v) is 19.0. The lowest BCUT2D eigenvalue weighted by atomic mass is 9.81. The van der Waals surface area contributed by atoms with E-state index in [1.165, 1.54) is 6.92 Å². The van der Waals surface area contributed by atoms with Gasteiger partial charge in [-0.25, -0.2) is 4.79 Å². The molecule has 0 aliphatic carbocycles. The van der Waals surface area contributed by atoms with Crippen molar-refractivity contribution >= 4 is 39.4 Å². The van der Waals surface area contributed by atoms with Gasteiger partial charge >= 0.3 is 5.97 Å². The van der Waals surface area contributed by atoms with Crippen LogP contribution >= 0.6 is 27.5 Å². The minimum Gasteiger partial charge on any atom is -0.482 e. The van der Waals surface area contributed by atoms with E-state index in [0.717, 1.165) is 10.0 Å². The van der Waals surface area contributed by atoms with Crippen molar-refractivity contribution in [3.05, 3.63) is 63.1 Å². The van der Waals surface area contributed by atoms with E-state index in [0.29, 0.717) is 29.2 Å². The number of benzene rings is 2. The molecule has 1 amide bonds. The average Bonchev–Trinajstić information content (AvgIpc) is 2.65. The number of rotatable bonds is 6. The summed E-state index contributed by atoms with van der Waals surface area (Å²) < 4.78 is 12.8. The van der Waals surface area contributed by atoms with Gasteiger partial charge in [-0.1, -0.05) is 39.7 Å². The molecule has 0 saturated carbocycles. The van der Waals surface area contributed by atoms with Gasteiger partial charge in [0.25, 0.3) is 0 Å². The number of nitrogens with one attached hydrogen (secondary N) is 1. The van der Waals surface area contributed by atoms with E-state index in [1.807, 2.05) is 31.2 Å². The summed E-state index contributed by atoms with van der Waals surface area (Å²) in [5, 5.41) is 12.7. The average molecular weight is 497 g/mol. The molecule has 1 aliphatic rings. The van der Waals surface area contributed by atoms with Crippen LogP contribution in [0.5, 0.6) is 5.75 Å². The first kappa shape index (κ1) is 22.6. The van der Waals surface area contributed by atoms with Crippen molar-refractivity contribution in [1.29, 1.82) is 0 Å². The molecule has 1 aliphatic heterocycles. The van der Waals surface area contributed by atoms with Crippen LogP contribution < -0.4 is 10.1 Å². The van der Waals surface area contributed by atoms with Crippen molar-refractivity contribution in [2.45, 2.75) is 44.4 Å². The Hall–Kier alpha value is -2.09. The van der Waals surface area contributed by atoms with Crippen LogP contribution in [0.3, 0.4) is 0 Å². The van der Waals surface area contributed by atoms with Crippen LogP contribution in [-0.4, -0.2) is 29.1 Å². The molecule has 3 rings (SSSR count). The predicted molar refractivity (Wildman–Crippen MR) is 117 cm³/mol. The van der Waals surface area contributed by atoms with Crippen molar-refractivity contribution in [2.75, 3.05) is 6.61 Å². The lowest BCUT2D eigenvalue weighted by Gasteiger charge is -2.43. The van der Waals surface area contributed by atoms with E-state index in [-0.39, 0.29) is 12.0 Å². The smallest absolute Gasteiger partial charge is 0.341 e. The number of hydrogen-bond donors (Lipinski definition) is 2. The molecule has 2 N–H and O–H groups in total. The van der Waals surface area contributed by atoms with Gasteiger partial charge in [-0.3, -0.25) is 4.79 Å². The number of carbonyl (C=O) groups excluding carboxylic acids is 1. The maximum atomic E-state index is 11.9. The normalized spacial score (nSPS) is 23.6. The highest BCUT2D eigenvalue weighted by Gasteiger charge is 2.40. The standard InChI is InChI=1S/C22H23BrClNO5/c1-13(26)25-22(2)10-19(14-4-3-5-16(24)8-14)30-20(11-22)17-9-15(23)6-7-18(17)29-12-21(27)28/h3-9,19-20H,10-12H2,1-2H3,(H,25,26)(H,27,28)/t19-,20+,22-/m0/s1. The summed E-state index contributed by atoms with van der Waals surface area (Å²) in [6.07, 6.45) is 0.332. The summed E-state index contributed by atoms with van der Waals surface area (Å²) in [5.41, 5.74) is 1.09. The van der Waals surface area contributed by atoms with Crippen LogP contribution in [0, 0.1) is 0 Å². The molecule has 1 heterocycles. The maximum absolute atomic E-state index is 11.9. The van der Waals surface area contributed by atoms with Gasteiger partial charge in [-0.05, 0) is 42.8 Å². The van der Waals surface area contributed by atoms with Crippen LogP contribution in [-0.2, 0) is 14.3 Å². The fourth-order valence-corrected chi connectivity index (χ4v) is 4.43. The second-order valence-electron chi connectivity index (χ2n) is 7.68. The van der Waals surface area contributed by atoms with E-state index in [4.69, 9.17) is 26.2 Å². The van der Waals surface area contributed by atoms with Gasteiger partial charge < -0.3 is 19.9 Å². The van der Waals surface area contributed by atoms with Crippen LogP contribution in [0.4, 0.5) is 0 Å². The molecule has 1 fully saturated rings. The highest BCUT2D eigenvalue weighted by molar-refractivity contribution is 9.10. The van der Waals surface area contributed by atoms with Crippen LogP contribution in [0.2, 0.25) is 5.02 Å². The maximum Gasteiger partial charge on any atom is 0.341 e. The number of amides is 1. The third-order valence-corrected chi connectivity index (χ3v) is 5.70. The molecule has 8 heteroatoms. The summed E-state index contributed by atoms with van der Waals surface area (Å²) in [4.78, 5) is 22.9. The van der Waals surface area contributed by atoms with E-state index >= 15 is 0 Å². The molecular formula is C22H23BrClNO5. The van der Waals surface area contributed by atoms with Crippen molar-refractivity contribution in [3.63, 3.8) is 0 Å². The zero-order chi connectivity index (χ0) is 21.9. The fraction of sp³-hybridized carbons (Fsp3) is 0.364. The first-order chi connectivity index (χ1) is 14.1. The lowest BCUT2D eigenvalue weighted by Crippen LogP contribution is -2.50. The first-order valence-electron chi connectivity index (χ1n) is 9.49. The Bertz CT molecular complexity index is 953. The third kappa shape index (κ3) is 5.74. The number of hydrogen-bond acceptors (Lipinski definition) is 4. The molecule has 2 aromatic rings. The minimum absolute atomic E-state index is 0.125. The Kier molecular flexibility index (Phi) is 7.06. The van der Waals surface area contributed by atoms with Crippen LogP contribution in [0.25, 0.3) is 0 Å². The highest BCUT2D eigenvalue weighted by Crippen LogP contribution is 2.46. The molecule has 0 radical (unpaired) electrons. The quantitative estimate of drug-likeness (QED) is 0.584. The lowest BCUT2D eigenvalue weighted by molar-refractivity contribution is -0.139. The van der Waals surface area contributed by atoms with Gasteiger partial charge in [0.2, 0.25) is 5.91 Å². The summed E-state index contributed by atoms with van der Waals surface area (Å²) in [5.74, 6) is -0.754. The Balaban J connectivity index is 1.99. The molecule has 0 bridgehead atoms. The summed E-state index contributed by atoms with van der Waals surface area (Å²) in [6, 6.07) is 12.8. The van der Waals surface area contributed by atoms with Crippen molar-refractivity contribution in [3.8, 4) is 5.75 Å². The summed E-state index contributed by atoms with van der Waals surface area (Å²) >= 11 is 9.65. The molecule has 6 nitrogen and oxygen atoms in total. The van der Waals surface area contributed by atoms with Crippen molar-refractivity contribution < 1.29 is 24.2 Å². The van der Waals surface area contributed by atoms with Gasteiger partial charge in [0, 0.05) is 40.4 Å². The zero-order valence-electron chi connectivity index (χ0n) is 16.7. The monoisotopic (exact) mass is 495 g/mol. The molecule has 1 saturated heterocycles. The molecule has 0 aromatic heterocycles. The van der Waals surface area contributed by atoms with Gasteiger partial charge in [0.1, 0.15) is 5.75 Å². The van der Waals surface area contributed by atoms with Crippen molar-refractivity contribution in [2.24, 2.45) is 0 Å². The Morgan fingerprint density at radius 3 is 2.67 bits per heavy atom. The van der Waals surface area contributed by atoms with Gasteiger partial charge in [-0.2, -0.15) is 0 Å². The molecule has 3 atom stereocenters. The Morgan fingerprint density at radius 2 is 2.00 bits per heavy atom. The van der Waals surface area contributed by atoms with E-state index in [2.05, 4.69) is 21.2 Å². The second kappa shape index (κ2) is 9.37.